The van der Waals surface area contributed by atoms with Gasteiger partial charge in [-0.05, 0) is 54.1 Å². The molecule has 3 aromatic carbocycles. The second-order valence-corrected chi connectivity index (χ2v) is 6.70. The first kappa shape index (κ1) is 19.6. The molecule has 0 aliphatic rings. The molecule has 1 N–H and O–H groups in total. The van der Waals surface area contributed by atoms with Crippen LogP contribution in [0.3, 0.4) is 0 Å². The topological polar surface area (TPSA) is 59.9 Å². The highest BCUT2D eigenvalue weighted by molar-refractivity contribution is 9.10. The number of ether oxygens (including phenoxy) is 2. The van der Waals surface area contributed by atoms with Crippen molar-refractivity contribution in [2.45, 2.75) is 0 Å². The molecule has 0 aliphatic heterocycles. The Bertz CT molecular complexity index is 928. The summed E-state index contributed by atoms with van der Waals surface area (Å²) in [6.07, 6.45) is 1.58. The van der Waals surface area contributed by atoms with Crippen LogP contribution < -0.4 is 14.9 Å². The first-order chi connectivity index (χ1) is 13.7. The van der Waals surface area contributed by atoms with Crippen LogP contribution in [0.4, 0.5) is 0 Å². The third-order valence-corrected chi connectivity index (χ3v) is 4.24. The lowest BCUT2D eigenvalue weighted by Gasteiger charge is -2.09. The standard InChI is InChI=1S/C22H19BrN2O3/c23-19-9-11-20(12-10-19)27-13-14-28-21-8-4-5-17(15-21)16-24-25-22(26)18-6-2-1-3-7-18/h1-12,15-16H,13-14H2,(H,25,26)/b24-16+. The summed E-state index contributed by atoms with van der Waals surface area (Å²) in [5, 5.41) is 3.99. The average molecular weight is 439 g/mol. The van der Waals surface area contributed by atoms with Gasteiger partial charge in [0, 0.05) is 10.0 Å². The average Bonchev–Trinajstić information content (AvgIpc) is 2.73. The van der Waals surface area contributed by atoms with Gasteiger partial charge in [0.05, 0.1) is 6.21 Å². The number of halogens is 1. The second-order valence-electron chi connectivity index (χ2n) is 5.79. The van der Waals surface area contributed by atoms with E-state index in [4.69, 9.17) is 9.47 Å². The fourth-order valence-electron chi connectivity index (χ4n) is 2.35. The van der Waals surface area contributed by atoms with E-state index in [1.54, 1.807) is 30.5 Å². The fourth-order valence-corrected chi connectivity index (χ4v) is 2.62. The second kappa shape index (κ2) is 10.3. The number of benzene rings is 3. The largest absolute Gasteiger partial charge is 0.490 e. The van der Waals surface area contributed by atoms with Crippen LogP contribution in [0.25, 0.3) is 0 Å². The SMILES string of the molecule is O=C(N/N=C/c1cccc(OCCOc2ccc(Br)cc2)c1)c1ccccc1. The monoisotopic (exact) mass is 438 g/mol. The molecule has 0 atom stereocenters. The van der Waals surface area contributed by atoms with Crippen LogP contribution in [0.5, 0.6) is 11.5 Å². The first-order valence-electron chi connectivity index (χ1n) is 8.70. The highest BCUT2D eigenvalue weighted by Crippen LogP contribution is 2.16. The van der Waals surface area contributed by atoms with Crippen molar-refractivity contribution in [3.63, 3.8) is 0 Å². The number of nitrogens with zero attached hydrogens (tertiary/aromatic N) is 1. The van der Waals surface area contributed by atoms with E-state index in [1.165, 1.54) is 0 Å². The molecule has 3 rings (SSSR count). The molecule has 0 aliphatic carbocycles. The van der Waals surface area contributed by atoms with Crippen molar-refractivity contribution in [1.29, 1.82) is 0 Å². The minimum atomic E-state index is -0.255. The zero-order valence-corrected chi connectivity index (χ0v) is 16.6. The Morgan fingerprint density at radius 1 is 0.893 bits per heavy atom. The highest BCUT2D eigenvalue weighted by Gasteiger charge is 2.02. The summed E-state index contributed by atoms with van der Waals surface area (Å²) in [6.45, 7) is 0.856. The zero-order chi connectivity index (χ0) is 19.6. The van der Waals surface area contributed by atoms with Gasteiger partial charge in [0.2, 0.25) is 0 Å². The number of hydrogen-bond acceptors (Lipinski definition) is 4. The molecule has 3 aromatic rings. The molecule has 28 heavy (non-hydrogen) atoms. The molecule has 0 spiro atoms. The van der Waals surface area contributed by atoms with Crippen molar-refractivity contribution in [2.75, 3.05) is 13.2 Å². The number of nitrogens with one attached hydrogen (secondary N) is 1. The van der Waals surface area contributed by atoms with Gasteiger partial charge in [-0.1, -0.05) is 46.3 Å². The fraction of sp³-hybridized carbons (Fsp3) is 0.0909. The van der Waals surface area contributed by atoms with Crippen molar-refractivity contribution in [3.05, 3.63) is 94.5 Å². The molecule has 0 heterocycles. The molecule has 0 saturated heterocycles. The Hall–Kier alpha value is -3.12. The zero-order valence-electron chi connectivity index (χ0n) is 15.0. The van der Waals surface area contributed by atoms with Gasteiger partial charge in [-0.3, -0.25) is 4.79 Å². The minimum absolute atomic E-state index is 0.255. The third kappa shape index (κ3) is 6.25. The number of rotatable bonds is 8. The van der Waals surface area contributed by atoms with Crippen molar-refractivity contribution in [2.24, 2.45) is 5.10 Å². The van der Waals surface area contributed by atoms with E-state index >= 15 is 0 Å². The normalized spacial score (nSPS) is 10.6. The van der Waals surface area contributed by atoms with Crippen LogP contribution in [0.1, 0.15) is 15.9 Å². The van der Waals surface area contributed by atoms with Crippen LogP contribution in [0.15, 0.2) is 88.4 Å². The number of carbonyl (C=O) groups excluding carboxylic acids is 1. The molecule has 0 bridgehead atoms. The molecule has 1 amide bonds. The van der Waals surface area contributed by atoms with Crippen molar-refractivity contribution >= 4 is 28.1 Å². The molecule has 0 radical (unpaired) electrons. The molecule has 0 aromatic heterocycles. The van der Waals surface area contributed by atoms with Gasteiger partial charge >= 0.3 is 0 Å². The lowest BCUT2D eigenvalue weighted by molar-refractivity contribution is 0.0955. The molecule has 0 unspecified atom stereocenters. The van der Waals surface area contributed by atoms with Crippen LogP contribution >= 0.6 is 15.9 Å². The van der Waals surface area contributed by atoms with Gasteiger partial charge in [0.25, 0.3) is 5.91 Å². The maximum absolute atomic E-state index is 11.9. The van der Waals surface area contributed by atoms with E-state index in [9.17, 15) is 4.79 Å². The van der Waals surface area contributed by atoms with E-state index in [1.807, 2.05) is 54.6 Å². The van der Waals surface area contributed by atoms with E-state index in [0.717, 1.165) is 15.8 Å². The number of amides is 1. The Morgan fingerprint density at radius 2 is 1.61 bits per heavy atom. The predicted octanol–water partition coefficient (Wildman–Crippen LogP) is 4.67. The number of hydrogen-bond donors (Lipinski definition) is 1. The van der Waals surface area contributed by atoms with Gasteiger partial charge in [-0.25, -0.2) is 5.43 Å². The Balaban J connectivity index is 1.45. The quantitative estimate of drug-likeness (QED) is 0.315. The smallest absolute Gasteiger partial charge is 0.271 e. The maximum Gasteiger partial charge on any atom is 0.271 e. The number of hydrazone groups is 1. The lowest BCUT2D eigenvalue weighted by Crippen LogP contribution is -2.17. The van der Waals surface area contributed by atoms with Crippen LogP contribution in [0, 0.1) is 0 Å². The van der Waals surface area contributed by atoms with E-state index in [0.29, 0.717) is 24.5 Å². The van der Waals surface area contributed by atoms with Crippen molar-refractivity contribution < 1.29 is 14.3 Å². The van der Waals surface area contributed by atoms with Gasteiger partial charge in [-0.2, -0.15) is 5.10 Å². The van der Waals surface area contributed by atoms with Gasteiger partial charge < -0.3 is 9.47 Å². The lowest BCUT2D eigenvalue weighted by atomic mass is 10.2. The Morgan fingerprint density at radius 3 is 2.36 bits per heavy atom. The van der Waals surface area contributed by atoms with Gasteiger partial charge in [-0.15, -0.1) is 0 Å². The summed E-state index contributed by atoms with van der Waals surface area (Å²) < 4.78 is 12.3. The molecule has 142 valence electrons. The Kier molecular flexibility index (Phi) is 7.21. The molecular weight excluding hydrogens is 420 g/mol. The molecule has 6 heteroatoms. The summed E-state index contributed by atoms with van der Waals surface area (Å²) >= 11 is 3.39. The summed E-state index contributed by atoms with van der Waals surface area (Å²) in [4.78, 5) is 11.9. The van der Waals surface area contributed by atoms with Gasteiger partial charge in [0.1, 0.15) is 24.7 Å². The van der Waals surface area contributed by atoms with Crippen molar-refractivity contribution in [3.8, 4) is 11.5 Å². The first-order valence-corrected chi connectivity index (χ1v) is 9.50. The molecule has 5 nitrogen and oxygen atoms in total. The summed E-state index contributed by atoms with van der Waals surface area (Å²) in [7, 11) is 0. The minimum Gasteiger partial charge on any atom is -0.490 e. The molecule has 0 saturated carbocycles. The van der Waals surface area contributed by atoms with Crippen LogP contribution in [-0.2, 0) is 0 Å². The van der Waals surface area contributed by atoms with Crippen molar-refractivity contribution in [1.82, 2.24) is 5.43 Å². The van der Waals surface area contributed by atoms with E-state index in [-0.39, 0.29) is 5.91 Å². The summed E-state index contributed by atoms with van der Waals surface area (Å²) in [5.74, 6) is 1.24. The Labute approximate surface area is 172 Å². The predicted molar refractivity (Wildman–Crippen MR) is 113 cm³/mol. The van der Waals surface area contributed by atoms with E-state index < -0.39 is 0 Å². The molecule has 0 fully saturated rings. The molecular formula is C22H19BrN2O3. The maximum atomic E-state index is 11.9. The van der Waals surface area contributed by atoms with Gasteiger partial charge in [0.15, 0.2) is 0 Å². The summed E-state index contributed by atoms with van der Waals surface area (Å²) in [5.41, 5.74) is 3.88. The third-order valence-electron chi connectivity index (χ3n) is 3.71. The van der Waals surface area contributed by atoms with E-state index in [2.05, 4.69) is 26.5 Å². The van der Waals surface area contributed by atoms with Crippen LogP contribution in [-0.4, -0.2) is 25.3 Å². The summed E-state index contributed by atoms with van der Waals surface area (Å²) in [6, 6.07) is 24.0. The number of carbonyl (C=O) groups is 1. The highest BCUT2D eigenvalue weighted by atomic mass is 79.9. The van der Waals surface area contributed by atoms with Crippen LogP contribution in [0.2, 0.25) is 0 Å².